The molecule has 1 aliphatic rings. The molecule has 0 bridgehead atoms. The predicted molar refractivity (Wildman–Crippen MR) is 77.1 cm³/mol. The summed E-state index contributed by atoms with van der Waals surface area (Å²) in [6, 6.07) is 8.61. The van der Waals surface area contributed by atoms with Crippen molar-refractivity contribution in [2.24, 2.45) is 11.3 Å². The van der Waals surface area contributed by atoms with E-state index in [2.05, 4.69) is 45.0 Å². The molecule has 1 aromatic carbocycles. The fourth-order valence-corrected chi connectivity index (χ4v) is 2.75. The van der Waals surface area contributed by atoms with Crippen molar-refractivity contribution in [2.45, 2.75) is 52.9 Å². The molecule has 0 aliphatic heterocycles. The summed E-state index contributed by atoms with van der Waals surface area (Å²) < 4.78 is 5.95. The molecule has 0 radical (unpaired) electrons. The van der Waals surface area contributed by atoms with Crippen LogP contribution in [-0.2, 0) is 6.42 Å². The van der Waals surface area contributed by atoms with Crippen LogP contribution in [0.4, 0.5) is 0 Å². The summed E-state index contributed by atoms with van der Waals surface area (Å²) in [5.74, 6) is 1.83. The summed E-state index contributed by atoms with van der Waals surface area (Å²) in [5.41, 5.74) is 1.72. The van der Waals surface area contributed by atoms with E-state index in [4.69, 9.17) is 4.74 Å². The van der Waals surface area contributed by atoms with Crippen LogP contribution in [0.5, 0.6) is 5.75 Å². The van der Waals surface area contributed by atoms with E-state index in [-0.39, 0.29) is 0 Å². The summed E-state index contributed by atoms with van der Waals surface area (Å²) in [6.07, 6.45) is 6.58. The number of ether oxygens (including phenoxy) is 1. The Morgan fingerprint density at radius 3 is 2.56 bits per heavy atom. The predicted octanol–water partition coefficient (Wildman–Crippen LogP) is 4.84. The van der Waals surface area contributed by atoms with E-state index in [1.807, 2.05) is 0 Å². The Labute approximate surface area is 112 Å². The number of hydrogen-bond acceptors (Lipinski definition) is 1. The largest absolute Gasteiger partial charge is 0.493 e. The molecular weight excluding hydrogens is 220 g/mol. The molecule has 0 N–H and O–H groups in total. The first kappa shape index (κ1) is 13.5. The summed E-state index contributed by atoms with van der Waals surface area (Å²) in [5, 5.41) is 0. The lowest BCUT2D eigenvalue weighted by molar-refractivity contribution is 0.252. The second-order valence-corrected chi connectivity index (χ2v) is 6.85. The van der Waals surface area contributed by atoms with E-state index in [9.17, 15) is 0 Å². The number of hydrogen-bond donors (Lipinski definition) is 0. The van der Waals surface area contributed by atoms with Crippen LogP contribution in [0.2, 0.25) is 0 Å². The molecule has 0 amide bonds. The molecule has 0 unspecified atom stereocenters. The van der Waals surface area contributed by atoms with Gasteiger partial charge in [-0.2, -0.15) is 0 Å². The van der Waals surface area contributed by atoms with Gasteiger partial charge in [0.15, 0.2) is 0 Å². The van der Waals surface area contributed by atoms with Crippen LogP contribution in [0, 0.1) is 11.3 Å². The first-order valence-corrected chi connectivity index (χ1v) is 7.25. The zero-order chi connectivity index (χ0) is 13.0. The van der Waals surface area contributed by atoms with Crippen LogP contribution in [0.25, 0.3) is 0 Å². The Morgan fingerprint density at radius 1 is 1.17 bits per heavy atom. The molecule has 0 saturated heterocycles. The minimum absolute atomic E-state index is 0.337. The van der Waals surface area contributed by atoms with E-state index in [0.29, 0.717) is 5.41 Å². The van der Waals surface area contributed by atoms with Gasteiger partial charge in [0, 0.05) is 0 Å². The van der Waals surface area contributed by atoms with E-state index in [0.717, 1.165) is 24.7 Å². The molecule has 0 heterocycles. The van der Waals surface area contributed by atoms with Gasteiger partial charge >= 0.3 is 0 Å². The smallest absolute Gasteiger partial charge is 0.119 e. The zero-order valence-corrected chi connectivity index (χ0v) is 12.0. The third kappa shape index (κ3) is 4.36. The van der Waals surface area contributed by atoms with Gasteiger partial charge in [0.25, 0.3) is 0 Å². The van der Waals surface area contributed by atoms with Gasteiger partial charge in [0.2, 0.25) is 0 Å². The maximum absolute atomic E-state index is 5.95. The minimum Gasteiger partial charge on any atom is -0.493 e. The van der Waals surface area contributed by atoms with E-state index < -0.39 is 0 Å². The Morgan fingerprint density at radius 2 is 1.89 bits per heavy atom. The average Bonchev–Trinajstić information content (AvgIpc) is 2.77. The van der Waals surface area contributed by atoms with Crippen LogP contribution in [0.1, 0.15) is 52.0 Å². The first-order valence-electron chi connectivity index (χ1n) is 7.25. The Kier molecular flexibility index (Phi) is 4.31. The number of benzene rings is 1. The minimum atomic E-state index is 0.337. The monoisotopic (exact) mass is 246 g/mol. The van der Waals surface area contributed by atoms with Crippen LogP contribution in [0.3, 0.4) is 0 Å². The van der Waals surface area contributed by atoms with Crippen LogP contribution >= 0.6 is 0 Å². The first-order chi connectivity index (χ1) is 8.53. The van der Waals surface area contributed by atoms with Gasteiger partial charge in [0.1, 0.15) is 5.75 Å². The van der Waals surface area contributed by atoms with Gasteiger partial charge in [-0.1, -0.05) is 45.7 Å². The fourth-order valence-electron chi connectivity index (χ4n) is 2.75. The second-order valence-electron chi connectivity index (χ2n) is 6.85. The normalized spacial score (nSPS) is 17.1. The van der Waals surface area contributed by atoms with Crippen molar-refractivity contribution >= 4 is 0 Å². The highest BCUT2D eigenvalue weighted by Crippen LogP contribution is 2.27. The summed E-state index contributed by atoms with van der Waals surface area (Å²) in [4.78, 5) is 0. The van der Waals surface area contributed by atoms with Crippen molar-refractivity contribution in [3.05, 3.63) is 29.8 Å². The lowest BCUT2D eigenvalue weighted by Crippen LogP contribution is -2.10. The van der Waals surface area contributed by atoms with Crippen molar-refractivity contribution in [3.63, 3.8) is 0 Å². The van der Waals surface area contributed by atoms with Crippen molar-refractivity contribution < 1.29 is 4.74 Å². The number of rotatable bonds is 4. The van der Waals surface area contributed by atoms with E-state index in [1.165, 1.54) is 31.2 Å². The summed E-state index contributed by atoms with van der Waals surface area (Å²) >= 11 is 0. The van der Waals surface area contributed by atoms with Gasteiger partial charge in [-0.25, -0.2) is 0 Å². The van der Waals surface area contributed by atoms with Crippen molar-refractivity contribution in [3.8, 4) is 5.75 Å². The van der Waals surface area contributed by atoms with Crippen LogP contribution in [0.15, 0.2) is 24.3 Å². The van der Waals surface area contributed by atoms with E-state index >= 15 is 0 Å². The van der Waals surface area contributed by atoms with Gasteiger partial charge in [-0.05, 0) is 48.3 Å². The van der Waals surface area contributed by atoms with Gasteiger partial charge < -0.3 is 4.74 Å². The second kappa shape index (κ2) is 5.77. The Bertz CT molecular complexity index is 369. The molecule has 100 valence electrons. The lowest BCUT2D eigenvalue weighted by Gasteiger charge is -2.19. The van der Waals surface area contributed by atoms with Crippen LogP contribution < -0.4 is 4.74 Å². The topological polar surface area (TPSA) is 9.23 Å². The van der Waals surface area contributed by atoms with Crippen molar-refractivity contribution in [1.29, 1.82) is 0 Å². The Hall–Kier alpha value is -0.980. The molecular formula is C17H26O. The maximum atomic E-state index is 5.95. The standard InChI is InChI=1S/C17H26O/c1-17(2,3)12-15-9-6-10-16(11-15)18-13-14-7-4-5-8-14/h6,9-11,14H,4-5,7-8,12-13H2,1-3H3. The molecule has 1 saturated carbocycles. The fraction of sp³-hybridized carbons (Fsp3) is 0.647. The molecule has 0 spiro atoms. The summed E-state index contributed by atoms with van der Waals surface area (Å²) in [6.45, 7) is 7.73. The molecule has 0 aromatic heterocycles. The van der Waals surface area contributed by atoms with Gasteiger partial charge in [-0.15, -0.1) is 0 Å². The highest BCUT2D eigenvalue weighted by atomic mass is 16.5. The molecule has 1 nitrogen and oxygen atoms in total. The van der Waals surface area contributed by atoms with Gasteiger partial charge in [-0.3, -0.25) is 0 Å². The van der Waals surface area contributed by atoms with Gasteiger partial charge in [0.05, 0.1) is 6.61 Å². The zero-order valence-electron chi connectivity index (χ0n) is 12.0. The highest BCUT2D eigenvalue weighted by molar-refractivity contribution is 5.29. The molecule has 18 heavy (non-hydrogen) atoms. The third-order valence-corrected chi connectivity index (χ3v) is 3.59. The quantitative estimate of drug-likeness (QED) is 0.738. The third-order valence-electron chi connectivity index (χ3n) is 3.59. The SMILES string of the molecule is CC(C)(C)Cc1cccc(OCC2CCCC2)c1. The lowest BCUT2D eigenvalue weighted by atomic mass is 9.88. The highest BCUT2D eigenvalue weighted by Gasteiger charge is 2.16. The molecule has 1 fully saturated rings. The molecule has 1 heteroatoms. The molecule has 2 rings (SSSR count). The molecule has 1 aromatic rings. The molecule has 1 aliphatic carbocycles. The molecule has 0 atom stereocenters. The van der Waals surface area contributed by atoms with E-state index in [1.54, 1.807) is 0 Å². The Balaban J connectivity index is 1.90. The van der Waals surface area contributed by atoms with Crippen molar-refractivity contribution in [1.82, 2.24) is 0 Å². The summed E-state index contributed by atoms with van der Waals surface area (Å²) in [7, 11) is 0. The van der Waals surface area contributed by atoms with Crippen molar-refractivity contribution in [2.75, 3.05) is 6.61 Å². The maximum Gasteiger partial charge on any atom is 0.119 e. The average molecular weight is 246 g/mol. The van der Waals surface area contributed by atoms with Crippen LogP contribution in [-0.4, -0.2) is 6.61 Å².